The first kappa shape index (κ1) is 15.5. The first-order chi connectivity index (χ1) is 10.4. The lowest BCUT2D eigenvalue weighted by atomic mass is 10.0. The van der Waals surface area contributed by atoms with Crippen LogP contribution in [0.15, 0.2) is 36.4 Å². The molecule has 6 heteroatoms. The Balaban J connectivity index is 2.51. The van der Waals surface area contributed by atoms with Crippen LogP contribution in [0.5, 0.6) is 0 Å². The first-order valence-electron chi connectivity index (χ1n) is 6.84. The molecule has 2 rings (SSSR count). The van der Waals surface area contributed by atoms with Crippen molar-refractivity contribution < 1.29 is 9.72 Å². The van der Waals surface area contributed by atoms with Gasteiger partial charge in [0.1, 0.15) is 0 Å². The van der Waals surface area contributed by atoms with E-state index in [2.05, 4.69) is 5.32 Å². The Morgan fingerprint density at radius 2 is 1.95 bits per heavy atom. The molecular weight excluding hydrogens is 282 g/mol. The third-order valence-electron chi connectivity index (χ3n) is 3.14. The number of fused-ring (bicyclic) bond motifs is 1. The van der Waals surface area contributed by atoms with Crippen molar-refractivity contribution in [2.24, 2.45) is 0 Å². The van der Waals surface area contributed by atoms with Crippen molar-refractivity contribution in [1.29, 1.82) is 0 Å². The van der Waals surface area contributed by atoms with Crippen LogP contribution in [0.1, 0.15) is 19.4 Å². The molecule has 0 aliphatic carbocycles. The van der Waals surface area contributed by atoms with Crippen molar-refractivity contribution in [3.8, 4) is 0 Å². The second-order valence-corrected chi connectivity index (χ2v) is 5.20. The number of nitro benzene ring substituents is 1. The number of hydrogen-bond acceptors (Lipinski definition) is 4. The summed E-state index contributed by atoms with van der Waals surface area (Å²) in [5.74, 6) is -0.273. The van der Waals surface area contributed by atoms with E-state index in [1.807, 2.05) is 13.8 Å². The zero-order valence-corrected chi connectivity index (χ0v) is 12.4. The highest BCUT2D eigenvalue weighted by Gasteiger charge is 2.16. The van der Waals surface area contributed by atoms with Gasteiger partial charge in [-0.25, -0.2) is 0 Å². The molecule has 114 valence electrons. The number of benzene rings is 2. The number of non-ortho nitro benzene ring substituents is 1. The third-order valence-corrected chi connectivity index (χ3v) is 3.14. The number of nitrogen functional groups attached to an aromatic ring is 1. The lowest BCUT2D eigenvalue weighted by Gasteiger charge is -2.08. The number of carbonyl (C=O) groups is 1. The molecule has 0 unspecified atom stereocenters. The minimum Gasteiger partial charge on any atom is -0.398 e. The van der Waals surface area contributed by atoms with E-state index in [1.54, 1.807) is 24.3 Å². The highest BCUT2D eigenvalue weighted by molar-refractivity contribution is 6.03. The molecule has 0 aromatic heterocycles. The van der Waals surface area contributed by atoms with Crippen molar-refractivity contribution in [2.45, 2.75) is 19.9 Å². The molecule has 0 fully saturated rings. The maximum Gasteiger partial charge on any atom is 0.277 e. The van der Waals surface area contributed by atoms with Crippen molar-refractivity contribution >= 4 is 34.1 Å². The summed E-state index contributed by atoms with van der Waals surface area (Å²) in [4.78, 5) is 22.4. The molecular formula is C16H17N3O3. The summed E-state index contributed by atoms with van der Waals surface area (Å²) in [7, 11) is 0. The number of rotatable bonds is 4. The first-order valence-corrected chi connectivity index (χ1v) is 6.84. The number of nitrogens with zero attached hydrogens (tertiary/aromatic N) is 1. The van der Waals surface area contributed by atoms with Crippen LogP contribution >= 0.6 is 0 Å². The maximum absolute atomic E-state index is 11.6. The van der Waals surface area contributed by atoms with Gasteiger partial charge in [0.15, 0.2) is 0 Å². The molecule has 6 nitrogen and oxygen atoms in total. The van der Waals surface area contributed by atoms with Crippen LogP contribution < -0.4 is 11.1 Å². The predicted molar refractivity (Wildman–Crippen MR) is 87.3 cm³/mol. The number of nitrogens with two attached hydrogens (primary N) is 1. The Morgan fingerprint density at radius 3 is 2.55 bits per heavy atom. The van der Waals surface area contributed by atoms with E-state index >= 15 is 0 Å². The quantitative estimate of drug-likeness (QED) is 0.392. The van der Waals surface area contributed by atoms with E-state index in [-0.39, 0.29) is 17.6 Å². The lowest BCUT2D eigenvalue weighted by molar-refractivity contribution is -0.383. The van der Waals surface area contributed by atoms with E-state index in [0.717, 1.165) is 0 Å². The van der Waals surface area contributed by atoms with Crippen molar-refractivity contribution in [3.05, 3.63) is 52.1 Å². The minimum atomic E-state index is -0.451. The number of hydrogen-bond donors (Lipinski definition) is 2. The maximum atomic E-state index is 11.6. The van der Waals surface area contributed by atoms with Crippen LogP contribution in [0.4, 0.5) is 11.4 Å². The molecule has 0 atom stereocenters. The molecule has 0 saturated carbocycles. The topological polar surface area (TPSA) is 98.3 Å². The third kappa shape index (κ3) is 3.22. The molecule has 0 radical (unpaired) electrons. The highest BCUT2D eigenvalue weighted by atomic mass is 16.6. The van der Waals surface area contributed by atoms with E-state index in [1.165, 1.54) is 18.2 Å². The predicted octanol–water partition coefficient (Wildman–Crippen LogP) is 2.87. The number of nitrogens with one attached hydrogen (secondary N) is 1. The van der Waals surface area contributed by atoms with Crippen molar-refractivity contribution in [2.75, 3.05) is 5.73 Å². The molecule has 0 bridgehead atoms. The minimum absolute atomic E-state index is 0.0143. The van der Waals surface area contributed by atoms with Crippen LogP contribution in [0, 0.1) is 10.1 Å². The molecule has 0 aliphatic rings. The van der Waals surface area contributed by atoms with Crippen LogP contribution in [0.3, 0.4) is 0 Å². The fourth-order valence-corrected chi connectivity index (χ4v) is 2.19. The number of amides is 1. The SMILES string of the molecule is CC(C)NC(=O)/C=C\c1cc([N+](=O)[O-])c2ccccc2c1N. The Hall–Kier alpha value is -2.89. The lowest BCUT2D eigenvalue weighted by Crippen LogP contribution is -2.28. The standard InChI is InChI=1S/C16H17N3O3/c1-10(2)18-15(20)8-7-11-9-14(19(21)22)12-5-3-4-6-13(12)16(11)17/h3-10H,17H2,1-2H3,(H,18,20)/b8-7-. The fraction of sp³-hybridized carbons (Fsp3) is 0.188. The van der Waals surface area contributed by atoms with Crippen molar-refractivity contribution in [1.82, 2.24) is 5.32 Å². The van der Waals surface area contributed by atoms with E-state index in [9.17, 15) is 14.9 Å². The average Bonchev–Trinajstić information content (AvgIpc) is 2.45. The van der Waals surface area contributed by atoms with Gasteiger partial charge in [0.2, 0.25) is 5.91 Å². The average molecular weight is 299 g/mol. The van der Waals surface area contributed by atoms with Crippen LogP contribution in [-0.2, 0) is 4.79 Å². The molecule has 2 aromatic rings. The van der Waals surface area contributed by atoms with E-state index < -0.39 is 4.92 Å². The van der Waals surface area contributed by atoms with Crippen LogP contribution in [0.25, 0.3) is 16.8 Å². The summed E-state index contributed by atoms with van der Waals surface area (Å²) >= 11 is 0. The Labute approximate surface area is 127 Å². The normalized spacial score (nSPS) is 11.2. The molecule has 3 N–H and O–H groups in total. The molecule has 1 amide bonds. The zero-order valence-electron chi connectivity index (χ0n) is 12.4. The molecule has 0 heterocycles. The summed E-state index contributed by atoms with van der Waals surface area (Å²) in [5, 5.41) is 15.0. The zero-order chi connectivity index (χ0) is 16.3. The Bertz CT molecular complexity index is 767. The van der Waals surface area contributed by atoms with Gasteiger partial charge in [-0.15, -0.1) is 0 Å². The number of anilines is 1. The highest BCUT2D eigenvalue weighted by Crippen LogP contribution is 2.33. The summed E-state index contributed by atoms with van der Waals surface area (Å²) < 4.78 is 0. The molecule has 22 heavy (non-hydrogen) atoms. The van der Waals surface area contributed by atoms with E-state index in [4.69, 9.17) is 5.73 Å². The smallest absolute Gasteiger partial charge is 0.277 e. The van der Waals surface area contributed by atoms with Gasteiger partial charge in [-0.3, -0.25) is 14.9 Å². The number of carbonyl (C=O) groups excluding carboxylic acids is 1. The van der Waals surface area contributed by atoms with Gasteiger partial charge < -0.3 is 11.1 Å². The second-order valence-electron chi connectivity index (χ2n) is 5.20. The molecule has 0 saturated heterocycles. The number of nitro groups is 1. The van der Waals surface area contributed by atoms with Crippen LogP contribution in [0.2, 0.25) is 0 Å². The van der Waals surface area contributed by atoms with Gasteiger partial charge >= 0.3 is 0 Å². The Kier molecular flexibility index (Phi) is 4.41. The Morgan fingerprint density at radius 1 is 1.32 bits per heavy atom. The summed E-state index contributed by atoms with van der Waals surface area (Å²) in [6.07, 6.45) is 2.82. The van der Waals surface area contributed by atoms with Gasteiger partial charge in [0, 0.05) is 34.8 Å². The van der Waals surface area contributed by atoms with Crippen LogP contribution in [-0.4, -0.2) is 16.9 Å². The van der Waals surface area contributed by atoms with Gasteiger partial charge in [0.25, 0.3) is 5.69 Å². The molecule has 0 aliphatic heterocycles. The molecule has 2 aromatic carbocycles. The summed E-state index contributed by atoms with van der Waals surface area (Å²) in [6.45, 7) is 3.70. The fourth-order valence-electron chi connectivity index (χ4n) is 2.19. The van der Waals surface area contributed by atoms with E-state index in [0.29, 0.717) is 22.0 Å². The second kappa shape index (κ2) is 6.26. The van der Waals surface area contributed by atoms with Crippen molar-refractivity contribution in [3.63, 3.8) is 0 Å². The van der Waals surface area contributed by atoms with Gasteiger partial charge in [0.05, 0.1) is 10.3 Å². The van der Waals surface area contributed by atoms with Gasteiger partial charge in [-0.2, -0.15) is 0 Å². The van der Waals surface area contributed by atoms with Gasteiger partial charge in [-0.1, -0.05) is 18.2 Å². The largest absolute Gasteiger partial charge is 0.398 e. The van der Waals surface area contributed by atoms with Gasteiger partial charge in [-0.05, 0) is 26.0 Å². The summed E-state index contributed by atoms with van der Waals surface area (Å²) in [5.41, 5.74) is 6.90. The molecule has 0 spiro atoms. The summed E-state index contributed by atoms with van der Waals surface area (Å²) in [6, 6.07) is 8.27. The monoisotopic (exact) mass is 299 g/mol.